The lowest BCUT2D eigenvalue weighted by Gasteiger charge is -2.32. The summed E-state index contributed by atoms with van der Waals surface area (Å²) in [6.45, 7) is 8.47. The lowest BCUT2D eigenvalue weighted by Crippen LogP contribution is -2.41. The molecule has 1 aliphatic rings. The molecule has 2 nitrogen and oxygen atoms in total. The first-order valence-corrected chi connectivity index (χ1v) is 10.1. The largest absolute Gasteiger partial charge is 0.467 e. The summed E-state index contributed by atoms with van der Waals surface area (Å²) >= 11 is 1.85. The van der Waals surface area contributed by atoms with Gasteiger partial charge in [-0.05, 0) is 45.1 Å². The maximum absolute atomic E-state index is 6.45. The first kappa shape index (κ1) is 18.6. The van der Waals surface area contributed by atoms with E-state index in [-0.39, 0.29) is 29.4 Å². The van der Waals surface area contributed by atoms with Crippen LogP contribution in [0.4, 0.5) is 0 Å². The number of hydrogen-bond acceptors (Lipinski definition) is 3. The van der Waals surface area contributed by atoms with E-state index in [9.17, 15) is 0 Å². The van der Waals surface area contributed by atoms with E-state index in [1.54, 1.807) is 0 Å². The molecule has 2 unspecified atom stereocenters. The van der Waals surface area contributed by atoms with E-state index in [2.05, 4.69) is 94.6 Å². The standard InChI is InChI=1S/C21H27BO2S/c1-20(2)21(3,4)24-22(23-20)18(16-12-8-6-9-13-16)19(25-5)17-14-10-7-11-15-17/h6-15,18-19H,1-5H3. The van der Waals surface area contributed by atoms with Crippen molar-refractivity contribution in [3.05, 3.63) is 71.8 Å². The smallest absolute Gasteiger partial charge is 0.403 e. The molecular weight excluding hydrogens is 327 g/mol. The summed E-state index contributed by atoms with van der Waals surface area (Å²) in [6.07, 6.45) is 2.17. The summed E-state index contributed by atoms with van der Waals surface area (Å²) in [5.74, 6) is 0.125. The van der Waals surface area contributed by atoms with Crippen LogP contribution >= 0.6 is 11.8 Å². The van der Waals surface area contributed by atoms with E-state index >= 15 is 0 Å². The third-order valence-electron chi connectivity index (χ3n) is 5.46. The summed E-state index contributed by atoms with van der Waals surface area (Å²) in [4.78, 5) is 0. The monoisotopic (exact) mass is 354 g/mol. The van der Waals surface area contributed by atoms with Crippen LogP contribution < -0.4 is 0 Å². The van der Waals surface area contributed by atoms with Crippen molar-refractivity contribution in [2.75, 3.05) is 6.26 Å². The Morgan fingerprint density at radius 3 is 1.64 bits per heavy atom. The zero-order valence-electron chi connectivity index (χ0n) is 15.7. The van der Waals surface area contributed by atoms with E-state index in [0.29, 0.717) is 0 Å². The minimum Gasteiger partial charge on any atom is -0.403 e. The zero-order chi connectivity index (χ0) is 18.1. The maximum atomic E-state index is 6.45. The number of thioether (sulfide) groups is 1. The van der Waals surface area contributed by atoms with Crippen LogP contribution in [0, 0.1) is 0 Å². The van der Waals surface area contributed by atoms with Crippen LogP contribution in [-0.2, 0) is 9.31 Å². The highest BCUT2D eigenvalue weighted by Gasteiger charge is 2.55. The minimum absolute atomic E-state index is 0.125. The van der Waals surface area contributed by atoms with Crippen LogP contribution in [0.2, 0.25) is 0 Å². The van der Waals surface area contributed by atoms with E-state index in [0.717, 1.165) is 0 Å². The predicted octanol–water partition coefficient (Wildman–Crippen LogP) is 5.51. The molecule has 132 valence electrons. The fourth-order valence-corrected chi connectivity index (χ4v) is 4.33. The maximum Gasteiger partial charge on any atom is 0.467 e. The van der Waals surface area contributed by atoms with Crippen molar-refractivity contribution >= 4 is 18.9 Å². The second-order valence-electron chi connectivity index (χ2n) is 7.63. The normalized spacial score (nSPS) is 21.1. The molecule has 0 amide bonds. The molecule has 0 spiro atoms. The van der Waals surface area contributed by atoms with Gasteiger partial charge in [0.15, 0.2) is 0 Å². The zero-order valence-corrected chi connectivity index (χ0v) is 16.5. The third-order valence-corrected chi connectivity index (χ3v) is 6.53. The molecule has 2 aromatic rings. The van der Waals surface area contributed by atoms with Crippen LogP contribution in [0.25, 0.3) is 0 Å². The van der Waals surface area contributed by atoms with Gasteiger partial charge < -0.3 is 9.31 Å². The van der Waals surface area contributed by atoms with Gasteiger partial charge >= 0.3 is 7.12 Å². The van der Waals surface area contributed by atoms with Crippen molar-refractivity contribution in [3.8, 4) is 0 Å². The molecule has 3 rings (SSSR count). The van der Waals surface area contributed by atoms with Crippen molar-refractivity contribution in [2.24, 2.45) is 0 Å². The van der Waals surface area contributed by atoms with Crippen LogP contribution in [0.5, 0.6) is 0 Å². The first-order chi connectivity index (χ1) is 11.9. The Kier molecular flexibility index (Phi) is 5.33. The predicted molar refractivity (Wildman–Crippen MR) is 108 cm³/mol. The molecule has 0 aromatic heterocycles. The van der Waals surface area contributed by atoms with Gasteiger partial charge in [0.05, 0.1) is 11.2 Å². The average Bonchev–Trinajstić information content (AvgIpc) is 2.81. The SMILES string of the molecule is CSC(c1ccccc1)C(B1OC(C)(C)C(C)(C)O1)c1ccccc1. The summed E-state index contributed by atoms with van der Waals surface area (Å²) in [5.41, 5.74) is 1.90. The molecule has 25 heavy (non-hydrogen) atoms. The van der Waals surface area contributed by atoms with Crippen LogP contribution in [0.15, 0.2) is 60.7 Å². The van der Waals surface area contributed by atoms with Gasteiger partial charge in [0, 0.05) is 11.1 Å². The molecule has 1 heterocycles. The van der Waals surface area contributed by atoms with Gasteiger partial charge in [0.2, 0.25) is 0 Å². The molecular formula is C21H27BO2S. The molecule has 1 saturated heterocycles. The Hall–Kier alpha value is -1.23. The first-order valence-electron chi connectivity index (χ1n) is 8.84. The highest BCUT2D eigenvalue weighted by Crippen LogP contribution is 2.48. The second kappa shape index (κ2) is 7.18. The summed E-state index contributed by atoms with van der Waals surface area (Å²) in [5, 5.41) is 0.262. The fourth-order valence-electron chi connectivity index (χ4n) is 3.32. The lowest BCUT2D eigenvalue weighted by atomic mass is 9.65. The van der Waals surface area contributed by atoms with Crippen LogP contribution in [0.3, 0.4) is 0 Å². The van der Waals surface area contributed by atoms with E-state index < -0.39 is 0 Å². The molecule has 0 N–H and O–H groups in total. The Balaban J connectivity index is 2.02. The molecule has 2 aromatic carbocycles. The molecule has 1 fully saturated rings. The Morgan fingerprint density at radius 2 is 1.20 bits per heavy atom. The topological polar surface area (TPSA) is 18.5 Å². The Labute approximate surface area is 156 Å². The summed E-state index contributed by atoms with van der Waals surface area (Å²) < 4.78 is 12.9. The van der Waals surface area contributed by atoms with Gasteiger partial charge in [-0.3, -0.25) is 0 Å². The summed E-state index contributed by atoms with van der Waals surface area (Å²) in [6, 6.07) is 21.3. The summed E-state index contributed by atoms with van der Waals surface area (Å²) in [7, 11) is -0.273. The molecule has 4 heteroatoms. The Morgan fingerprint density at radius 1 is 0.760 bits per heavy atom. The molecule has 0 aliphatic carbocycles. The van der Waals surface area contributed by atoms with Crippen molar-refractivity contribution in [1.29, 1.82) is 0 Å². The van der Waals surface area contributed by atoms with Crippen molar-refractivity contribution in [3.63, 3.8) is 0 Å². The average molecular weight is 354 g/mol. The minimum atomic E-state index is -0.329. The quantitative estimate of drug-likeness (QED) is 0.660. The van der Waals surface area contributed by atoms with E-state index in [4.69, 9.17) is 9.31 Å². The second-order valence-corrected chi connectivity index (χ2v) is 8.61. The highest BCUT2D eigenvalue weighted by atomic mass is 32.2. The van der Waals surface area contributed by atoms with Crippen LogP contribution in [-0.4, -0.2) is 24.6 Å². The number of benzene rings is 2. The number of hydrogen-bond donors (Lipinski definition) is 0. The van der Waals surface area contributed by atoms with Crippen molar-refractivity contribution in [2.45, 2.75) is 50.0 Å². The molecule has 0 bridgehead atoms. The van der Waals surface area contributed by atoms with Crippen LogP contribution in [0.1, 0.15) is 49.9 Å². The molecule has 0 radical (unpaired) electrons. The van der Waals surface area contributed by atoms with Crippen molar-refractivity contribution < 1.29 is 9.31 Å². The van der Waals surface area contributed by atoms with E-state index in [1.165, 1.54) is 11.1 Å². The molecule has 2 atom stereocenters. The van der Waals surface area contributed by atoms with Gasteiger partial charge in [0.25, 0.3) is 0 Å². The molecule has 0 saturated carbocycles. The highest BCUT2D eigenvalue weighted by molar-refractivity contribution is 7.98. The molecule has 1 aliphatic heterocycles. The lowest BCUT2D eigenvalue weighted by molar-refractivity contribution is 0.00578. The van der Waals surface area contributed by atoms with Gasteiger partial charge in [0.1, 0.15) is 0 Å². The van der Waals surface area contributed by atoms with Gasteiger partial charge in [-0.1, -0.05) is 60.7 Å². The van der Waals surface area contributed by atoms with E-state index in [1.807, 2.05) is 11.8 Å². The van der Waals surface area contributed by atoms with Gasteiger partial charge in [-0.2, -0.15) is 11.8 Å². The van der Waals surface area contributed by atoms with Crippen molar-refractivity contribution in [1.82, 2.24) is 0 Å². The third kappa shape index (κ3) is 3.67. The van der Waals surface area contributed by atoms with Gasteiger partial charge in [-0.15, -0.1) is 0 Å². The number of rotatable bonds is 5. The van der Waals surface area contributed by atoms with Gasteiger partial charge in [-0.25, -0.2) is 0 Å². The Bertz CT molecular complexity index is 672. The fraction of sp³-hybridized carbons (Fsp3) is 0.429.